The maximum absolute atomic E-state index is 3.92. The van der Waals surface area contributed by atoms with Gasteiger partial charge in [-0.1, -0.05) is 19.8 Å². The second-order valence-electron chi connectivity index (χ2n) is 6.05. The Balaban J connectivity index is 1.66. The average molecular weight is 238 g/mol. The molecule has 0 bridgehead atoms. The van der Waals surface area contributed by atoms with Crippen LogP contribution < -0.4 is 10.6 Å². The quantitative estimate of drug-likeness (QED) is 0.786. The molecule has 2 heteroatoms. The Bertz CT molecular complexity index is 189. The van der Waals surface area contributed by atoms with Gasteiger partial charge in [0.05, 0.1) is 0 Å². The lowest BCUT2D eigenvalue weighted by Gasteiger charge is -2.32. The zero-order valence-corrected chi connectivity index (χ0v) is 11.5. The fraction of sp³-hybridized carbons (Fsp3) is 1.00. The number of nitrogens with one attached hydrogen (secondary N) is 2. The minimum atomic E-state index is 0.790. The van der Waals surface area contributed by atoms with E-state index in [0.29, 0.717) is 0 Å². The van der Waals surface area contributed by atoms with Gasteiger partial charge in [-0.05, 0) is 64.0 Å². The SMILES string of the molecule is CCCC1CCC(NC2CCCNCC2)CC1. The predicted octanol–water partition coefficient (Wildman–Crippen LogP) is 3.08. The van der Waals surface area contributed by atoms with Crippen molar-refractivity contribution in [1.29, 1.82) is 0 Å². The van der Waals surface area contributed by atoms with Crippen molar-refractivity contribution in [2.45, 2.75) is 76.8 Å². The Hall–Kier alpha value is -0.0800. The average Bonchev–Trinajstić information content (AvgIpc) is 2.61. The van der Waals surface area contributed by atoms with Crippen LogP contribution in [0.15, 0.2) is 0 Å². The highest BCUT2D eigenvalue weighted by Gasteiger charge is 2.22. The van der Waals surface area contributed by atoms with E-state index in [1.54, 1.807) is 0 Å². The van der Waals surface area contributed by atoms with E-state index in [1.807, 2.05) is 0 Å². The highest BCUT2D eigenvalue weighted by atomic mass is 15.0. The van der Waals surface area contributed by atoms with Crippen LogP contribution in [0.4, 0.5) is 0 Å². The Morgan fingerprint density at radius 2 is 1.71 bits per heavy atom. The minimum Gasteiger partial charge on any atom is -0.317 e. The van der Waals surface area contributed by atoms with Gasteiger partial charge < -0.3 is 10.6 Å². The van der Waals surface area contributed by atoms with E-state index >= 15 is 0 Å². The van der Waals surface area contributed by atoms with Crippen LogP contribution in [0.2, 0.25) is 0 Å². The summed E-state index contributed by atoms with van der Waals surface area (Å²) in [6, 6.07) is 1.61. The van der Waals surface area contributed by atoms with Gasteiger partial charge in [0.1, 0.15) is 0 Å². The second-order valence-corrected chi connectivity index (χ2v) is 6.05. The highest BCUT2D eigenvalue weighted by molar-refractivity contribution is 4.82. The van der Waals surface area contributed by atoms with Gasteiger partial charge >= 0.3 is 0 Å². The van der Waals surface area contributed by atoms with Gasteiger partial charge in [0, 0.05) is 12.1 Å². The molecule has 0 aromatic heterocycles. The maximum Gasteiger partial charge on any atom is 0.00822 e. The van der Waals surface area contributed by atoms with Gasteiger partial charge in [-0.25, -0.2) is 0 Å². The molecule has 2 fully saturated rings. The van der Waals surface area contributed by atoms with Gasteiger partial charge in [-0.3, -0.25) is 0 Å². The van der Waals surface area contributed by atoms with E-state index in [-0.39, 0.29) is 0 Å². The Morgan fingerprint density at radius 1 is 0.941 bits per heavy atom. The summed E-state index contributed by atoms with van der Waals surface area (Å²) >= 11 is 0. The molecule has 2 nitrogen and oxygen atoms in total. The normalized spacial score (nSPS) is 35.5. The highest BCUT2D eigenvalue weighted by Crippen LogP contribution is 2.28. The number of rotatable bonds is 4. The summed E-state index contributed by atoms with van der Waals surface area (Å²) in [5.41, 5.74) is 0. The van der Waals surface area contributed by atoms with Crippen molar-refractivity contribution in [1.82, 2.24) is 10.6 Å². The molecule has 2 rings (SSSR count). The van der Waals surface area contributed by atoms with Crippen LogP contribution in [0.3, 0.4) is 0 Å². The van der Waals surface area contributed by atoms with Gasteiger partial charge in [-0.2, -0.15) is 0 Å². The smallest absolute Gasteiger partial charge is 0.00822 e. The molecule has 0 aromatic rings. The van der Waals surface area contributed by atoms with Crippen molar-refractivity contribution >= 4 is 0 Å². The third-order valence-corrected chi connectivity index (χ3v) is 4.59. The molecule has 1 aliphatic heterocycles. The van der Waals surface area contributed by atoms with Gasteiger partial charge in [0.2, 0.25) is 0 Å². The van der Waals surface area contributed by atoms with Crippen LogP contribution >= 0.6 is 0 Å². The lowest BCUT2D eigenvalue weighted by Crippen LogP contribution is -2.40. The van der Waals surface area contributed by atoms with Crippen molar-refractivity contribution in [2.75, 3.05) is 13.1 Å². The number of hydrogen-bond acceptors (Lipinski definition) is 2. The van der Waals surface area contributed by atoms with Gasteiger partial charge in [0.15, 0.2) is 0 Å². The van der Waals surface area contributed by atoms with Gasteiger partial charge in [0.25, 0.3) is 0 Å². The molecule has 2 N–H and O–H groups in total. The fourth-order valence-corrected chi connectivity index (χ4v) is 3.55. The molecule has 1 saturated heterocycles. The summed E-state index contributed by atoms with van der Waals surface area (Å²) in [6.45, 7) is 4.76. The first kappa shape index (κ1) is 13.4. The van der Waals surface area contributed by atoms with Crippen molar-refractivity contribution in [3.63, 3.8) is 0 Å². The van der Waals surface area contributed by atoms with Crippen LogP contribution in [-0.2, 0) is 0 Å². The Morgan fingerprint density at radius 3 is 2.47 bits per heavy atom. The molecular formula is C15H30N2. The summed E-state index contributed by atoms with van der Waals surface area (Å²) in [5.74, 6) is 1.04. The monoisotopic (exact) mass is 238 g/mol. The van der Waals surface area contributed by atoms with E-state index in [4.69, 9.17) is 0 Å². The molecule has 0 radical (unpaired) electrons. The molecule has 17 heavy (non-hydrogen) atoms. The van der Waals surface area contributed by atoms with Crippen molar-refractivity contribution in [2.24, 2.45) is 5.92 Å². The molecule has 0 aromatic carbocycles. The molecule has 1 saturated carbocycles. The van der Waals surface area contributed by atoms with Gasteiger partial charge in [-0.15, -0.1) is 0 Å². The number of hydrogen-bond donors (Lipinski definition) is 2. The maximum atomic E-state index is 3.92. The lowest BCUT2D eigenvalue weighted by molar-refractivity contribution is 0.257. The fourth-order valence-electron chi connectivity index (χ4n) is 3.55. The van der Waals surface area contributed by atoms with E-state index in [9.17, 15) is 0 Å². The Labute approximate surface area is 107 Å². The van der Waals surface area contributed by atoms with E-state index in [1.165, 1.54) is 70.9 Å². The molecule has 0 amide bonds. The van der Waals surface area contributed by atoms with Crippen molar-refractivity contribution in [3.8, 4) is 0 Å². The van der Waals surface area contributed by atoms with Crippen LogP contribution in [0.25, 0.3) is 0 Å². The summed E-state index contributed by atoms with van der Waals surface area (Å²) in [4.78, 5) is 0. The zero-order chi connectivity index (χ0) is 11.9. The predicted molar refractivity (Wildman–Crippen MR) is 74.3 cm³/mol. The minimum absolute atomic E-state index is 0.790. The molecule has 100 valence electrons. The first-order valence-corrected chi connectivity index (χ1v) is 7.85. The third-order valence-electron chi connectivity index (χ3n) is 4.59. The molecule has 1 unspecified atom stereocenters. The zero-order valence-electron chi connectivity index (χ0n) is 11.5. The summed E-state index contributed by atoms with van der Waals surface area (Å²) in [7, 11) is 0. The standard InChI is InChI=1S/C15H30N2/c1-2-4-13-6-8-15(9-7-13)17-14-5-3-11-16-12-10-14/h13-17H,2-12H2,1H3. The summed E-state index contributed by atoms with van der Waals surface area (Å²) in [6.07, 6.45) is 12.7. The van der Waals surface area contributed by atoms with Crippen molar-refractivity contribution in [3.05, 3.63) is 0 Å². The van der Waals surface area contributed by atoms with Crippen LogP contribution in [0, 0.1) is 5.92 Å². The van der Waals surface area contributed by atoms with Crippen LogP contribution in [0.5, 0.6) is 0 Å². The molecular weight excluding hydrogens is 208 g/mol. The van der Waals surface area contributed by atoms with Crippen molar-refractivity contribution < 1.29 is 0 Å². The summed E-state index contributed by atoms with van der Waals surface area (Å²) < 4.78 is 0. The third kappa shape index (κ3) is 4.59. The summed E-state index contributed by atoms with van der Waals surface area (Å²) in [5, 5.41) is 7.42. The van der Waals surface area contributed by atoms with E-state index in [0.717, 1.165) is 18.0 Å². The Kier molecular flexibility index (Phi) is 5.79. The molecule has 1 atom stereocenters. The largest absolute Gasteiger partial charge is 0.317 e. The molecule has 1 aliphatic carbocycles. The van der Waals surface area contributed by atoms with E-state index < -0.39 is 0 Å². The molecule has 1 heterocycles. The van der Waals surface area contributed by atoms with E-state index in [2.05, 4.69) is 17.6 Å². The molecule has 2 aliphatic rings. The second kappa shape index (κ2) is 7.38. The van der Waals surface area contributed by atoms with Crippen LogP contribution in [-0.4, -0.2) is 25.2 Å². The van der Waals surface area contributed by atoms with Crippen LogP contribution in [0.1, 0.15) is 64.7 Å². The topological polar surface area (TPSA) is 24.1 Å². The lowest BCUT2D eigenvalue weighted by atomic mass is 9.83. The first-order chi connectivity index (χ1) is 8.38. The molecule has 0 spiro atoms. The first-order valence-electron chi connectivity index (χ1n) is 7.85.